The van der Waals surface area contributed by atoms with Crippen molar-refractivity contribution in [1.82, 2.24) is 24.6 Å². The van der Waals surface area contributed by atoms with E-state index in [2.05, 4.69) is 50.9 Å². The Labute approximate surface area is 197 Å². The maximum absolute atomic E-state index is 13.1. The van der Waals surface area contributed by atoms with Crippen LogP contribution in [0.2, 0.25) is 0 Å². The number of benzene rings is 2. The molecule has 3 heterocycles. The van der Waals surface area contributed by atoms with Gasteiger partial charge in [0, 0.05) is 48.1 Å². The zero-order chi connectivity index (χ0) is 22.6. The molecule has 33 heavy (non-hydrogen) atoms. The van der Waals surface area contributed by atoms with Crippen molar-refractivity contribution < 1.29 is 4.79 Å². The Morgan fingerprint density at radius 2 is 1.67 bits per heavy atom. The van der Waals surface area contributed by atoms with Crippen LogP contribution in [0.1, 0.15) is 34.3 Å². The van der Waals surface area contributed by atoms with E-state index in [-0.39, 0.29) is 5.91 Å². The second-order valence-electron chi connectivity index (χ2n) is 8.16. The van der Waals surface area contributed by atoms with Gasteiger partial charge in [0.25, 0.3) is 5.91 Å². The summed E-state index contributed by atoms with van der Waals surface area (Å²) in [4.78, 5) is 19.2. The lowest BCUT2D eigenvalue weighted by atomic mass is 10.1. The highest BCUT2D eigenvalue weighted by Crippen LogP contribution is 2.31. The fraction of sp³-hybridized carbons (Fsp3) is 0.231. The second-order valence-corrected chi connectivity index (χ2v) is 9.10. The smallest absolute Gasteiger partial charge is 0.254 e. The summed E-state index contributed by atoms with van der Waals surface area (Å²) < 4.78 is 2.07. The molecule has 0 unspecified atom stereocenters. The van der Waals surface area contributed by atoms with Gasteiger partial charge in [-0.1, -0.05) is 47.7 Å². The number of nitrogens with zero attached hydrogens (tertiary/aromatic N) is 5. The van der Waals surface area contributed by atoms with Crippen LogP contribution in [0.3, 0.4) is 0 Å². The number of thioether (sulfide) groups is 1. The lowest BCUT2D eigenvalue weighted by Crippen LogP contribution is -2.28. The van der Waals surface area contributed by atoms with Crippen LogP contribution >= 0.6 is 11.8 Å². The van der Waals surface area contributed by atoms with Crippen molar-refractivity contribution in [2.24, 2.45) is 0 Å². The molecule has 1 aliphatic rings. The van der Waals surface area contributed by atoms with Gasteiger partial charge in [-0.3, -0.25) is 14.3 Å². The molecule has 1 saturated heterocycles. The first-order valence-electron chi connectivity index (χ1n) is 11.1. The van der Waals surface area contributed by atoms with Gasteiger partial charge >= 0.3 is 0 Å². The van der Waals surface area contributed by atoms with Crippen molar-refractivity contribution in [1.29, 1.82) is 0 Å². The average molecular weight is 456 g/mol. The van der Waals surface area contributed by atoms with E-state index in [1.807, 2.05) is 41.3 Å². The maximum atomic E-state index is 13.1. The number of hydrogen-bond donors (Lipinski definition) is 0. The number of likely N-dealkylation sites (tertiary alicyclic amines) is 1. The molecule has 0 saturated carbocycles. The van der Waals surface area contributed by atoms with Gasteiger partial charge in [0.15, 0.2) is 11.0 Å². The third kappa shape index (κ3) is 4.54. The highest BCUT2D eigenvalue weighted by Gasteiger charge is 2.22. The molecule has 0 spiro atoms. The van der Waals surface area contributed by atoms with Crippen LogP contribution in [-0.2, 0) is 5.75 Å². The number of pyridine rings is 1. The molecule has 7 heteroatoms. The third-order valence-electron chi connectivity index (χ3n) is 5.86. The summed E-state index contributed by atoms with van der Waals surface area (Å²) in [5.74, 6) is 1.53. The Morgan fingerprint density at radius 3 is 2.42 bits per heavy atom. The van der Waals surface area contributed by atoms with E-state index < -0.39 is 0 Å². The average Bonchev–Trinajstić information content (AvgIpc) is 3.54. The molecular formula is C26H25N5OS. The third-order valence-corrected chi connectivity index (χ3v) is 6.84. The number of carbonyl (C=O) groups is 1. The molecule has 0 N–H and O–H groups in total. The minimum atomic E-state index is 0.126. The molecule has 0 radical (unpaired) electrons. The standard InChI is InChI=1S/C26H25N5OS/c1-19-8-10-22(11-9-19)31-24(20-12-14-27-15-13-20)28-29-26(31)33-18-21-6-2-3-7-23(21)25(32)30-16-4-5-17-30/h2-3,6-15H,4-5,16-18H2,1H3. The van der Waals surface area contributed by atoms with Crippen LogP contribution in [0.4, 0.5) is 0 Å². The van der Waals surface area contributed by atoms with Gasteiger partial charge in [0.1, 0.15) is 0 Å². The number of carbonyl (C=O) groups excluding carboxylic acids is 1. The fourth-order valence-corrected chi connectivity index (χ4v) is 5.02. The van der Waals surface area contributed by atoms with Crippen molar-refractivity contribution in [3.05, 3.63) is 89.7 Å². The molecule has 1 aliphatic heterocycles. The summed E-state index contributed by atoms with van der Waals surface area (Å²) in [6, 6.07) is 20.1. The van der Waals surface area contributed by atoms with E-state index >= 15 is 0 Å². The Morgan fingerprint density at radius 1 is 0.939 bits per heavy atom. The van der Waals surface area contributed by atoms with Gasteiger partial charge in [-0.15, -0.1) is 10.2 Å². The minimum absolute atomic E-state index is 0.126. The molecule has 0 atom stereocenters. The molecule has 6 nitrogen and oxygen atoms in total. The highest BCUT2D eigenvalue weighted by molar-refractivity contribution is 7.98. The first-order valence-corrected chi connectivity index (χ1v) is 12.1. The number of rotatable bonds is 6. The van der Waals surface area contributed by atoms with Crippen molar-refractivity contribution in [2.75, 3.05) is 13.1 Å². The number of hydrogen-bond acceptors (Lipinski definition) is 5. The monoisotopic (exact) mass is 455 g/mol. The summed E-state index contributed by atoms with van der Waals surface area (Å²) in [6.07, 6.45) is 5.69. The summed E-state index contributed by atoms with van der Waals surface area (Å²) >= 11 is 1.59. The van der Waals surface area contributed by atoms with Gasteiger partial charge in [-0.05, 0) is 55.7 Å². The summed E-state index contributed by atoms with van der Waals surface area (Å²) in [5.41, 5.74) is 4.95. The van der Waals surface area contributed by atoms with Crippen LogP contribution < -0.4 is 0 Å². The first kappa shape index (κ1) is 21.4. The molecule has 4 aromatic rings. The van der Waals surface area contributed by atoms with Crippen LogP contribution in [0.5, 0.6) is 0 Å². The van der Waals surface area contributed by atoms with Crippen molar-refractivity contribution in [3.8, 4) is 17.1 Å². The molecule has 0 bridgehead atoms. The molecule has 2 aromatic carbocycles. The van der Waals surface area contributed by atoms with E-state index in [1.165, 1.54) is 5.56 Å². The van der Waals surface area contributed by atoms with Crippen LogP contribution in [-0.4, -0.2) is 43.6 Å². The van der Waals surface area contributed by atoms with Gasteiger partial charge in [-0.2, -0.15) is 0 Å². The predicted octanol–water partition coefficient (Wildman–Crippen LogP) is 5.17. The van der Waals surface area contributed by atoms with Crippen molar-refractivity contribution in [2.45, 2.75) is 30.7 Å². The quantitative estimate of drug-likeness (QED) is 0.376. The number of aryl methyl sites for hydroxylation is 1. The largest absolute Gasteiger partial charge is 0.339 e. The Kier molecular flexibility index (Phi) is 6.21. The second kappa shape index (κ2) is 9.58. The summed E-state index contributed by atoms with van der Waals surface area (Å²) in [7, 11) is 0. The van der Waals surface area contributed by atoms with Gasteiger partial charge in [0.05, 0.1) is 0 Å². The molecule has 1 amide bonds. The van der Waals surface area contributed by atoms with E-state index in [1.54, 1.807) is 24.2 Å². The molecule has 0 aliphatic carbocycles. The van der Waals surface area contributed by atoms with E-state index in [9.17, 15) is 4.79 Å². The van der Waals surface area contributed by atoms with Crippen LogP contribution in [0.25, 0.3) is 17.1 Å². The van der Waals surface area contributed by atoms with Gasteiger partial charge in [-0.25, -0.2) is 0 Å². The highest BCUT2D eigenvalue weighted by atomic mass is 32.2. The fourth-order valence-electron chi connectivity index (χ4n) is 4.07. The van der Waals surface area contributed by atoms with Crippen molar-refractivity contribution in [3.63, 3.8) is 0 Å². The van der Waals surface area contributed by atoms with Crippen LogP contribution in [0, 0.1) is 6.92 Å². The lowest BCUT2D eigenvalue weighted by Gasteiger charge is -2.17. The number of aromatic nitrogens is 4. The summed E-state index contributed by atoms with van der Waals surface area (Å²) in [6.45, 7) is 3.76. The minimum Gasteiger partial charge on any atom is -0.339 e. The molecule has 5 rings (SSSR count). The zero-order valence-electron chi connectivity index (χ0n) is 18.5. The van der Waals surface area contributed by atoms with E-state index in [4.69, 9.17) is 0 Å². The summed E-state index contributed by atoms with van der Waals surface area (Å²) in [5, 5.41) is 9.81. The van der Waals surface area contributed by atoms with E-state index in [0.717, 1.165) is 59.3 Å². The number of amides is 1. The van der Waals surface area contributed by atoms with Gasteiger partial charge in [0.2, 0.25) is 0 Å². The molecule has 1 fully saturated rings. The normalized spacial score (nSPS) is 13.4. The topological polar surface area (TPSA) is 63.9 Å². The predicted molar refractivity (Wildman–Crippen MR) is 130 cm³/mol. The maximum Gasteiger partial charge on any atom is 0.254 e. The Balaban J connectivity index is 1.47. The van der Waals surface area contributed by atoms with E-state index in [0.29, 0.717) is 5.75 Å². The SMILES string of the molecule is Cc1ccc(-n2c(SCc3ccccc3C(=O)N3CCCC3)nnc2-c2ccncc2)cc1. The molecule has 166 valence electrons. The lowest BCUT2D eigenvalue weighted by molar-refractivity contribution is 0.0792. The van der Waals surface area contributed by atoms with Crippen LogP contribution in [0.15, 0.2) is 78.2 Å². The molecule has 2 aromatic heterocycles. The zero-order valence-corrected chi connectivity index (χ0v) is 19.3. The van der Waals surface area contributed by atoms with Gasteiger partial charge < -0.3 is 4.90 Å². The Bertz CT molecular complexity index is 1250. The Hall–Kier alpha value is -3.45. The first-order chi connectivity index (χ1) is 16.2. The molecular weight excluding hydrogens is 430 g/mol. The van der Waals surface area contributed by atoms with Crippen molar-refractivity contribution >= 4 is 17.7 Å².